The molecule has 1 nitrogen and oxygen atoms in total. The van der Waals surface area contributed by atoms with Crippen LogP contribution >= 0.6 is 22.6 Å². The lowest BCUT2D eigenvalue weighted by atomic mass is 10.0. The van der Waals surface area contributed by atoms with E-state index in [-0.39, 0.29) is 0 Å². The summed E-state index contributed by atoms with van der Waals surface area (Å²) in [5.41, 5.74) is 1.22. The van der Waals surface area contributed by atoms with Crippen molar-refractivity contribution < 1.29 is 5.11 Å². The zero-order valence-corrected chi connectivity index (χ0v) is 9.28. The summed E-state index contributed by atoms with van der Waals surface area (Å²) in [5, 5.41) is 9.20. The first-order valence-electron chi connectivity index (χ1n) is 4.06. The fraction of sp³-hybridized carbons (Fsp3) is 0.400. The third kappa shape index (κ3) is 3.01. The van der Waals surface area contributed by atoms with Gasteiger partial charge in [-0.25, -0.2) is 0 Å². The average molecular weight is 276 g/mol. The van der Waals surface area contributed by atoms with Crippen molar-refractivity contribution in [1.82, 2.24) is 0 Å². The molecule has 1 unspecified atom stereocenters. The lowest BCUT2D eigenvalue weighted by Gasteiger charge is -2.06. The third-order valence-corrected chi connectivity index (χ3v) is 3.26. The maximum absolute atomic E-state index is 9.20. The van der Waals surface area contributed by atoms with Crippen LogP contribution in [0.1, 0.15) is 12.5 Å². The van der Waals surface area contributed by atoms with Crippen LogP contribution in [0.2, 0.25) is 0 Å². The van der Waals surface area contributed by atoms with Crippen molar-refractivity contribution in [3.05, 3.63) is 29.8 Å². The summed E-state index contributed by atoms with van der Waals surface area (Å²) in [5.74, 6) is 1.06. The first-order chi connectivity index (χ1) is 5.72. The Morgan fingerprint density at radius 1 is 1.50 bits per heavy atom. The molecule has 0 fully saturated rings. The Labute approximate surface area is 86.9 Å². The molecule has 1 rings (SSSR count). The molecule has 1 N–H and O–H groups in total. The maximum atomic E-state index is 9.20. The van der Waals surface area contributed by atoms with Crippen LogP contribution in [0.5, 0.6) is 5.75 Å². The van der Waals surface area contributed by atoms with E-state index in [9.17, 15) is 5.11 Å². The normalized spacial score (nSPS) is 12.8. The minimum absolute atomic E-state index is 0.369. The zero-order valence-electron chi connectivity index (χ0n) is 7.13. The molecule has 0 spiro atoms. The fourth-order valence-corrected chi connectivity index (χ4v) is 1.45. The van der Waals surface area contributed by atoms with Crippen LogP contribution in [0.15, 0.2) is 24.3 Å². The van der Waals surface area contributed by atoms with Crippen LogP contribution in [0.3, 0.4) is 0 Å². The third-order valence-electron chi connectivity index (χ3n) is 1.76. The molecule has 12 heavy (non-hydrogen) atoms. The number of rotatable bonds is 3. The molecule has 1 atom stereocenters. The number of hydrogen-bond acceptors (Lipinski definition) is 1. The summed E-state index contributed by atoms with van der Waals surface area (Å²) in [6.07, 6.45) is 1.05. The minimum Gasteiger partial charge on any atom is -0.508 e. The summed E-state index contributed by atoms with van der Waals surface area (Å²) >= 11 is 2.39. The lowest BCUT2D eigenvalue weighted by Crippen LogP contribution is -1.99. The molecule has 0 heterocycles. The molecule has 0 aliphatic rings. The monoisotopic (exact) mass is 276 g/mol. The first kappa shape index (κ1) is 9.84. The van der Waals surface area contributed by atoms with Gasteiger partial charge in [-0.1, -0.05) is 41.6 Å². The molecule has 0 saturated carbocycles. The Balaban J connectivity index is 2.63. The number of phenolic OH excluding ortho intramolecular Hbond substituents is 1. The molecule has 0 aromatic heterocycles. The summed E-state index contributed by atoms with van der Waals surface area (Å²) < 4.78 is 1.16. The van der Waals surface area contributed by atoms with Crippen LogP contribution in [-0.2, 0) is 6.42 Å². The van der Waals surface area contributed by atoms with Gasteiger partial charge >= 0.3 is 0 Å². The van der Waals surface area contributed by atoms with E-state index < -0.39 is 0 Å². The molecule has 0 bridgehead atoms. The fourth-order valence-electron chi connectivity index (χ4n) is 1.14. The van der Waals surface area contributed by atoms with Crippen molar-refractivity contribution in [3.8, 4) is 5.75 Å². The number of benzene rings is 1. The van der Waals surface area contributed by atoms with E-state index in [0.29, 0.717) is 11.7 Å². The molecule has 0 aliphatic carbocycles. The number of halogens is 1. The van der Waals surface area contributed by atoms with Crippen molar-refractivity contribution in [2.45, 2.75) is 13.3 Å². The zero-order chi connectivity index (χ0) is 8.97. The highest BCUT2D eigenvalue weighted by atomic mass is 127. The molecular formula is C10H13IO. The summed E-state index contributed by atoms with van der Waals surface area (Å²) in [7, 11) is 0. The van der Waals surface area contributed by atoms with Crippen LogP contribution in [-0.4, -0.2) is 9.53 Å². The van der Waals surface area contributed by atoms with Gasteiger partial charge in [0.15, 0.2) is 0 Å². The van der Waals surface area contributed by atoms with Crippen LogP contribution in [0.25, 0.3) is 0 Å². The van der Waals surface area contributed by atoms with Gasteiger partial charge in [0.1, 0.15) is 5.75 Å². The molecule has 1 aromatic rings. The Bertz CT molecular complexity index is 247. The van der Waals surface area contributed by atoms with Crippen molar-refractivity contribution in [2.24, 2.45) is 5.92 Å². The van der Waals surface area contributed by atoms with Crippen molar-refractivity contribution in [1.29, 1.82) is 0 Å². The minimum atomic E-state index is 0.369. The highest BCUT2D eigenvalue weighted by molar-refractivity contribution is 14.1. The Hall–Kier alpha value is -0.250. The van der Waals surface area contributed by atoms with Crippen molar-refractivity contribution in [3.63, 3.8) is 0 Å². The molecule has 1 aromatic carbocycles. The summed E-state index contributed by atoms with van der Waals surface area (Å²) in [6, 6.07) is 7.49. The Kier molecular flexibility index (Phi) is 3.85. The van der Waals surface area contributed by atoms with Gasteiger partial charge in [0.05, 0.1) is 0 Å². The van der Waals surface area contributed by atoms with Crippen LogP contribution in [0.4, 0.5) is 0 Å². The topological polar surface area (TPSA) is 20.2 Å². The van der Waals surface area contributed by atoms with E-state index >= 15 is 0 Å². The average Bonchev–Trinajstić information content (AvgIpc) is 2.04. The van der Waals surface area contributed by atoms with Gasteiger partial charge in [-0.15, -0.1) is 0 Å². The molecular weight excluding hydrogens is 263 g/mol. The molecule has 2 heteroatoms. The van der Waals surface area contributed by atoms with E-state index in [1.54, 1.807) is 6.07 Å². The van der Waals surface area contributed by atoms with Crippen LogP contribution < -0.4 is 0 Å². The SMILES string of the molecule is CC(CI)Cc1cccc(O)c1. The lowest BCUT2D eigenvalue weighted by molar-refractivity contribution is 0.474. The van der Waals surface area contributed by atoms with Gasteiger partial charge in [0.25, 0.3) is 0 Å². The van der Waals surface area contributed by atoms with Gasteiger partial charge in [-0.05, 0) is 30.0 Å². The first-order valence-corrected chi connectivity index (χ1v) is 5.59. The molecule has 0 saturated heterocycles. The van der Waals surface area contributed by atoms with Gasteiger partial charge in [0, 0.05) is 4.43 Å². The molecule has 0 aliphatic heterocycles. The number of hydrogen-bond donors (Lipinski definition) is 1. The maximum Gasteiger partial charge on any atom is 0.115 e. The highest BCUT2D eigenvalue weighted by Crippen LogP contribution is 2.15. The van der Waals surface area contributed by atoms with Gasteiger partial charge in [0.2, 0.25) is 0 Å². The smallest absolute Gasteiger partial charge is 0.115 e. The number of phenols is 1. The van der Waals surface area contributed by atoms with Crippen molar-refractivity contribution in [2.75, 3.05) is 4.43 Å². The highest BCUT2D eigenvalue weighted by Gasteiger charge is 2.01. The quantitative estimate of drug-likeness (QED) is 0.664. The van der Waals surface area contributed by atoms with E-state index in [2.05, 4.69) is 35.6 Å². The van der Waals surface area contributed by atoms with Gasteiger partial charge < -0.3 is 5.11 Å². The predicted octanol–water partition coefficient (Wildman–Crippen LogP) is 3.01. The van der Waals surface area contributed by atoms with E-state index in [1.807, 2.05) is 12.1 Å². The van der Waals surface area contributed by atoms with Gasteiger partial charge in [-0.2, -0.15) is 0 Å². The standard InChI is InChI=1S/C10H13IO/c1-8(7-11)5-9-3-2-4-10(12)6-9/h2-4,6,8,12H,5,7H2,1H3. The van der Waals surface area contributed by atoms with E-state index in [1.165, 1.54) is 5.56 Å². The molecule has 66 valence electrons. The van der Waals surface area contributed by atoms with Crippen LogP contribution in [0, 0.1) is 5.92 Å². The number of aromatic hydroxyl groups is 1. The summed E-state index contributed by atoms with van der Waals surface area (Å²) in [6.45, 7) is 2.22. The Morgan fingerprint density at radius 2 is 2.25 bits per heavy atom. The second kappa shape index (κ2) is 4.70. The number of alkyl halides is 1. The van der Waals surface area contributed by atoms with Gasteiger partial charge in [-0.3, -0.25) is 0 Å². The molecule has 0 amide bonds. The van der Waals surface area contributed by atoms with Crippen molar-refractivity contribution >= 4 is 22.6 Å². The summed E-state index contributed by atoms with van der Waals surface area (Å²) in [4.78, 5) is 0. The second-order valence-corrected chi connectivity index (χ2v) is 4.01. The second-order valence-electron chi connectivity index (χ2n) is 3.13. The largest absolute Gasteiger partial charge is 0.508 e. The van der Waals surface area contributed by atoms with E-state index in [0.717, 1.165) is 10.8 Å². The predicted molar refractivity (Wildman–Crippen MR) is 59.9 cm³/mol. The molecule has 0 radical (unpaired) electrons. The Morgan fingerprint density at radius 3 is 2.83 bits per heavy atom. The van der Waals surface area contributed by atoms with E-state index in [4.69, 9.17) is 0 Å².